The van der Waals surface area contributed by atoms with Gasteiger partial charge in [0.15, 0.2) is 5.82 Å². The van der Waals surface area contributed by atoms with Crippen molar-refractivity contribution in [3.63, 3.8) is 0 Å². The molecule has 3 aromatic heterocycles. The first-order chi connectivity index (χ1) is 12.1. The summed E-state index contributed by atoms with van der Waals surface area (Å²) in [7, 11) is 0. The first kappa shape index (κ1) is 15.7. The fraction of sp³-hybridized carbons (Fsp3) is 0.333. The van der Waals surface area contributed by atoms with Gasteiger partial charge in [-0.2, -0.15) is 5.10 Å². The van der Waals surface area contributed by atoms with Crippen LogP contribution in [-0.2, 0) is 16.0 Å². The summed E-state index contributed by atoms with van der Waals surface area (Å²) in [5, 5.41) is 5.55. The van der Waals surface area contributed by atoms with E-state index in [0.29, 0.717) is 18.2 Å². The van der Waals surface area contributed by atoms with Crippen LogP contribution in [0.4, 0.5) is 0 Å². The van der Waals surface area contributed by atoms with E-state index < -0.39 is 5.91 Å². The Balaban J connectivity index is 1.80. The van der Waals surface area contributed by atoms with Gasteiger partial charge in [-0.05, 0) is 31.5 Å². The Hall–Kier alpha value is -2.80. The number of pyridine rings is 2. The Bertz CT molecular complexity index is 944. The van der Waals surface area contributed by atoms with E-state index in [1.807, 2.05) is 31.2 Å². The summed E-state index contributed by atoms with van der Waals surface area (Å²) in [5.41, 5.74) is 8.67. The monoisotopic (exact) mass is 337 g/mol. The molecule has 0 bridgehead atoms. The van der Waals surface area contributed by atoms with Gasteiger partial charge in [0.25, 0.3) is 0 Å². The van der Waals surface area contributed by atoms with Crippen molar-refractivity contribution in [1.82, 2.24) is 19.7 Å². The molecule has 1 atom stereocenters. The standard InChI is InChI=1S/C18H19N5O2/c1-11-14-9-20-13(8-17(19)24)7-16(14)23(22-11)18-4-2-3-15(21-18)12-5-6-25-10-12/h2-4,7,9,12H,5-6,8,10H2,1H3,(H2,19,24). The van der Waals surface area contributed by atoms with Crippen molar-refractivity contribution in [1.29, 1.82) is 0 Å². The number of rotatable bonds is 4. The van der Waals surface area contributed by atoms with E-state index in [1.54, 1.807) is 10.9 Å². The van der Waals surface area contributed by atoms with Gasteiger partial charge in [0.1, 0.15) is 0 Å². The number of carbonyl (C=O) groups excluding carboxylic acids is 1. The number of aryl methyl sites for hydroxylation is 1. The smallest absolute Gasteiger partial charge is 0.223 e. The van der Waals surface area contributed by atoms with Gasteiger partial charge in [-0.25, -0.2) is 9.67 Å². The van der Waals surface area contributed by atoms with Gasteiger partial charge in [0.2, 0.25) is 5.91 Å². The summed E-state index contributed by atoms with van der Waals surface area (Å²) in [5.74, 6) is 0.671. The van der Waals surface area contributed by atoms with E-state index in [0.717, 1.165) is 41.1 Å². The van der Waals surface area contributed by atoms with Crippen LogP contribution in [0.25, 0.3) is 16.7 Å². The third-order valence-electron chi connectivity index (χ3n) is 4.48. The number of aromatic nitrogens is 4. The first-order valence-electron chi connectivity index (χ1n) is 8.29. The molecule has 1 fully saturated rings. The average Bonchev–Trinajstić information content (AvgIpc) is 3.23. The van der Waals surface area contributed by atoms with Crippen molar-refractivity contribution in [2.24, 2.45) is 5.73 Å². The van der Waals surface area contributed by atoms with Gasteiger partial charge in [-0.15, -0.1) is 0 Å². The van der Waals surface area contributed by atoms with E-state index in [9.17, 15) is 4.79 Å². The van der Waals surface area contributed by atoms with Gasteiger partial charge in [-0.3, -0.25) is 9.78 Å². The number of carbonyl (C=O) groups is 1. The zero-order valence-electron chi connectivity index (χ0n) is 14.0. The highest BCUT2D eigenvalue weighted by Crippen LogP contribution is 2.26. The Labute approximate surface area is 144 Å². The van der Waals surface area contributed by atoms with E-state index in [1.165, 1.54) is 0 Å². The average molecular weight is 337 g/mol. The van der Waals surface area contributed by atoms with Crippen LogP contribution in [0.3, 0.4) is 0 Å². The van der Waals surface area contributed by atoms with E-state index in [4.69, 9.17) is 15.5 Å². The van der Waals surface area contributed by atoms with Crippen molar-refractivity contribution < 1.29 is 9.53 Å². The molecule has 0 spiro atoms. The molecule has 7 nitrogen and oxygen atoms in total. The summed E-state index contributed by atoms with van der Waals surface area (Å²) in [6, 6.07) is 7.80. The molecule has 0 radical (unpaired) electrons. The summed E-state index contributed by atoms with van der Waals surface area (Å²) >= 11 is 0. The van der Waals surface area contributed by atoms with Crippen molar-refractivity contribution >= 4 is 16.8 Å². The molecule has 1 aliphatic heterocycles. The number of amides is 1. The molecule has 128 valence electrons. The molecule has 0 aromatic carbocycles. The molecule has 0 saturated carbocycles. The molecule has 0 aliphatic carbocycles. The van der Waals surface area contributed by atoms with Gasteiger partial charge in [0, 0.05) is 29.8 Å². The number of hydrogen-bond donors (Lipinski definition) is 1. The second-order valence-corrected chi connectivity index (χ2v) is 6.31. The molecule has 2 N–H and O–H groups in total. The largest absolute Gasteiger partial charge is 0.381 e. The van der Waals surface area contributed by atoms with Crippen LogP contribution in [0.15, 0.2) is 30.5 Å². The summed E-state index contributed by atoms with van der Waals surface area (Å²) in [6.07, 6.45) is 2.83. The number of ether oxygens (including phenoxy) is 1. The van der Waals surface area contributed by atoms with Crippen LogP contribution in [0.5, 0.6) is 0 Å². The highest BCUT2D eigenvalue weighted by Gasteiger charge is 2.20. The highest BCUT2D eigenvalue weighted by molar-refractivity contribution is 5.84. The Morgan fingerprint density at radius 1 is 1.44 bits per heavy atom. The first-order valence-corrected chi connectivity index (χ1v) is 8.29. The Morgan fingerprint density at radius 3 is 3.08 bits per heavy atom. The van der Waals surface area contributed by atoms with E-state index in [2.05, 4.69) is 10.1 Å². The van der Waals surface area contributed by atoms with Gasteiger partial charge in [0.05, 0.1) is 29.9 Å². The van der Waals surface area contributed by atoms with Crippen molar-refractivity contribution in [2.75, 3.05) is 13.2 Å². The molecule has 1 unspecified atom stereocenters. The SMILES string of the molecule is Cc1nn(-c2cccc(C3CCOC3)n2)c2cc(CC(N)=O)ncc12. The lowest BCUT2D eigenvalue weighted by Crippen LogP contribution is -2.14. The quantitative estimate of drug-likeness (QED) is 0.781. The molecule has 1 aliphatic rings. The third kappa shape index (κ3) is 2.98. The predicted octanol–water partition coefficient (Wildman–Crippen LogP) is 1.66. The van der Waals surface area contributed by atoms with Crippen LogP contribution in [0.1, 0.15) is 29.4 Å². The summed E-state index contributed by atoms with van der Waals surface area (Å²) in [4.78, 5) is 20.3. The fourth-order valence-electron chi connectivity index (χ4n) is 3.20. The lowest BCUT2D eigenvalue weighted by molar-refractivity contribution is -0.117. The molecule has 7 heteroatoms. The summed E-state index contributed by atoms with van der Waals surface area (Å²) < 4.78 is 7.27. The third-order valence-corrected chi connectivity index (χ3v) is 4.48. The molecular weight excluding hydrogens is 318 g/mol. The van der Waals surface area contributed by atoms with Crippen LogP contribution < -0.4 is 5.73 Å². The van der Waals surface area contributed by atoms with Crippen LogP contribution in [0.2, 0.25) is 0 Å². The van der Waals surface area contributed by atoms with Crippen LogP contribution in [-0.4, -0.2) is 38.9 Å². The van der Waals surface area contributed by atoms with Crippen molar-refractivity contribution in [3.05, 3.63) is 47.5 Å². The minimum atomic E-state index is -0.406. The molecule has 3 aromatic rings. The lowest BCUT2D eigenvalue weighted by atomic mass is 10.0. The number of nitrogens with two attached hydrogens (primary N) is 1. The molecule has 1 amide bonds. The highest BCUT2D eigenvalue weighted by atomic mass is 16.5. The lowest BCUT2D eigenvalue weighted by Gasteiger charge is -2.10. The Kier molecular flexibility index (Phi) is 3.93. The maximum Gasteiger partial charge on any atom is 0.223 e. The number of fused-ring (bicyclic) bond motifs is 1. The van der Waals surface area contributed by atoms with Crippen molar-refractivity contribution in [2.45, 2.75) is 25.7 Å². The van der Waals surface area contributed by atoms with Crippen LogP contribution in [0, 0.1) is 6.92 Å². The van der Waals surface area contributed by atoms with Gasteiger partial charge < -0.3 is 10.5 Å². The number of hydrogen-bond acceptors (Lipinski definition) is 5. The molecule has 1 saturated heterocycles. The van der Waals surface area contributed by atoms with Crippen LogP contribution >= 0.6 is 0 Å². The fourth-order valence-corrected chi connectivity index (χ4v) is 3.20. The molecule has 4 heterocycles. The molecule has 25 heavy (non-hydrogen) atoms. The minimum Gasteiger partial charge on any atom is -0.381 e. The zero-order valence-corrected chi connectivity index (χ0v) is 14.0. The Morgan fingerprint density at radius 2 is 2.32 bits per heavy atom. The van der Waals surface area contributed by atoms with Crippen molar-refractivity contribution in [3.8, 4) is 5.82 Å². The molecule has 4 rings (SSSR count). The summed E-state index contributed by atoms with van der Waals surface area (Å²) in [6.45, 7) is 3.42. The maximum absolute atomic E-state index is 11.2. The second-order valence-electron chi connectivity index (χ2n) is 6.31. The molecular formula is C18H19N5O2. The van der Waals surface area contributed by atoms with Gasteiger partial charge in [-0.1, -0.05) is 6.07 Å². The van der Waals surface area contributed by atoms with E-state index in [-0.39, 0.29) is 6.42 Å². The predicted molar refractivity (Wildman–Crippen MR) is 92.5 cm³/mol. The zero-order chi connectivity index (χ0) is 17.4. The number of primary amides is 1. The normalized spacial score (nSPS) is 17.2. The number of nitrogens with zero attached hydrogens (tertiary/aromatic N) is 4. The topological polar surface area (TPSA) is 95.9 Å². The maximum atomic E-state index is 11.2. The minimum absolute atomic E-state index is 0.104. The van der Waals surface area contributed by atoms with Gasteiger partial charge >= 0.3 is 0 Å². The second kappa shape index (κ2) is 6.25. The van der Waals surface area contributed by atoms with E-state index >= 15 is 0 Å².